The summed E-state index contributed by atoms with van der Waals surface area (Å²) in [7, 11) is 0. The van der Waals surface area contributed by atoms with E-state index in [1.54, 1.807) is 11.6 Å². The molecule has 0 aliphatic carbocycles. The number of aryl methyl sites for hydroxylation is 2. The van der Waals surface area contributed by atoms with Crippen molar-refractivity contribution in [2.45, 2.75) is 44.4 Å². The molecule has 4 nitrogen and oxygen atoms in total. The molecule has 30 heavy (non-hydrogen) atoms. The maximum atomic E-state index is 11.3. The molecular weight excluding hydrogens is 392 g/mol. The first-order chi connectivity index (χ1) is 14.7. The van der Waals surface area contributed by atoms with Crippen LogP contribution in [0.5, 0.6) is 0 Å². The Labute approximate surface area is 185 Å². The minimum Gasteiger partial charge on any atom is -0.303 e. The molecule has 0 fully saturated rings. The Bertz CT molecular complexity index is 789. The zero-order chi connectivity index (χ0) is 21.6. The number of rotatable bonds is 13. The van der Waals surface area contributed by atoms with Gasteiger partial charge in [-0.3, -0.25) is 10.0 Å². The lowest BCUT2D eigenvalue weighted by atomic mass is 10.0. The molecule has 0 aromatic heterocycles. The third kappa shape index (κ3) is 8.74. The van der Waals surface area contributed by atoms with Gasteiger partial charge in [0.15, 0.2) is 0 Å². The molecule has 0 radical (unpaired) electrons. The van der Waals surface area contributed by atoms with Gasteiger partial charge in [-0.1, -0.05) is 56.3 Å². The number of carbonyl (C=O) groups is 1. The lowest BCUT2D eigenvalue weighted by molar-refractivity contribution is -0.124. The molecule has 162 valence electrons. The van der Waals surface area contributed by atoms with E-state index in [1.807, 2.05) is 17.8 Å². The van der Waals surface area contributed by atoms with Crippen LogP contribution in [0.15, 0.2) is 59.5 Å². The normalized spacial score (nSPS) is 11.3. The summed E-state index contributed by atoms with van der Waals surface area (Å²) in [5.41, 5.74) is 5.33. The second kappa shape index (κ2) is 14.0. The molecular formula is C25H34N2O2S. The van der Waals surface area contributed by atoms with Crippen LogP contribution in [0.25, 0.3) is 6.08 Å². The monoisotopic (exact) mass is 426 g/mol. The van der Waals surface area contributed by atoms with Crippen molar-refractivity contribution in [1.82, 2.24) is 10.4 Å². The van der Waals surface area contributed by atoms with Crippen molar-refractivity contribution >= 4 is 23.7 Å². The summed E-state index contributed by atoms with van der Waals surface area (Å²) < 4.78 is 0. The van der Waals surface area contributed by atoms with E-state index in [4.69, 9.17) is 5.21 Å². The van der Waals surface area contributed by atoms with Crippen LogP contribution in [0.3, 0.4) is 0 Å². The largest absolute Gasteiger partial charge is 0.303 e. The van der Waals surface area contributed by atoms with Crippen LogP contribution in [0.4, 0.5) is 0 Å². The number of benzene rings is 2. The number of hydrogen-bond acceptors (Lipinski definition) is 4. The quantitative estimate of drug-likeness (QED) is 0.152. The molecule has 0 saturated carbocycles. The van der Waals surface area contributed by atoms with Gasteiger partial charge in [0.25, 0.3) is 5.91 Å². The summed E-state index contributed by atoms with van der Waals surface area (Å²) >= 11 is 1.91. The highest BCUT2D eigenvalue weighted by Gasteiger charge is 2.07. The molecule has 0 aliphatic heterocycles. The van der Waals surface area contributed by atoms with Gasteiger partial charge in [0, 0.05) is 23.3 Å². The number of carbonyl (C=O) groups excluding carboxylic acids is 1. The van der Waals surface area contributed by atoms with Gasteiger partial charge in [0.05, 0.1) is 0 Å². The molecule has 2 aromatic carbocycles. The molecule has 2 N–H and O–H groups in total. The summed E-state index contributed by atoms with van der Waals surface area (Å²) in [5, 5.41) is 8.67. The molecule has 0 atom stereocenters. The second-order valence-corrected chi connectivity index (χ2v) is 8.38. The molecule has 5 heteroatoms. The maximum absolute atomic E-state index is 11.3. The van der Waals surface area contributed by atoms with Gasteiger partial charge in [-0.25, -0.2) is 5.48 Å². The van der Waals surface area contributed by atoms with Gasteiger partial charge in [0.1, 0.15) is 0 Å². The molecule has 0 spiro atoms. The van der Waals surface area contributed by atoms with E-state index >= 15 is 0 Å². The van der Waals surface area contributed by atoms with Crippen molar-refractivity contribution in [2.24, 2.45) is 0 Å². The summed E-state index contributed by atoms with van der Waals surface area (Å²) in [5.74, 6) is 0.554. The van der Waals surface area contributed by atoms with Gasteiger partial charge >= 0.3 is 0 Å². The van der Waals surface area contributed by atoms with Crippen molar-refractivity contribution in [3.8, 4) is 0 Å². The van der Waals surface area contributed by atoms with Gasteiger partial charge in [0.2, 0.25) is 0 Å². The van der Waals surface area contributed by atoms with E-state index in [2.05, 4.69) is 61.2 Å². The van der Waals surface area contributed by atoms with E-state index in [1.165, 1.54) is 22.1 Å². The zero-order valence-electron chi connectivity index (χ0n) is 18.1. The Morgan fingerprint density at radius 3 is 2.50 bits per heavy atom. The van der Waals surface area contributed by atoms with Crippen molar-refractivity contribution in [2.75, 3.05) is 25.4 Å². The van der Waals surface area contributed by atoms with Crippen LogP contribution in [-0.2, 0) is 17.6 Å². The molecule has 2 aromatic rings. The zero-order valence-corrected chi connectivity index (χ0v) is 19.0. The van der Waals surface area contributed by atoms with Gasteiger partial charge in [-0.15, -0.1) is 11.8 Å². The first kappa shape index (κ1) is 24.2. The summed E-state index contributed by atoms with van der Waals surface area (Å²) in [6, 6.07) is 17.0. The van der Waals surface area contributed by atoms with Crippen molar-refractivity contribution in [3.05, 3.63) is 71.3 Å². The smallest absolute Gasteiger partial charge is 0.267 e. The molecule has 0 saturated heterocycles. The number of nitrogens with one attached hydrogen (secondary N) is 1. The fourth-order valence-electron chi connectivity index (χ4n) is 3.36. The topological polar surface area (TPSA) is 52.6 Å². The van der Waals surface area contributed by atoms with E-state index in [-0.39, 0.29) is 0 Å². The number of amides is 1. The number of unbranched alkanes of at least 4 members (excludes halogenated alkanes) is 1. The Morgan fingerprint density at radius 1 is 1.07 bits per heavy atom. The van der Waals surface area contributed by atoms with Gasteiger partial charge < -0.3 is 4.90 Å². The third-order valence-electron chi connectivity index (χ3n) is 5.19. The van der Waals surface area contributed by atoms with Crippen LogP contribution in [0, 0.1) is 0 Å². The fraction of sp³-hybridized carbons (Fsp3) is 0.400. The average molecular weight is 427 g/mol. The molecule has 1 amide bonds. The van der Waals surface area contributed by atoms with E-state index in [9.17, 15) is 4.79 Å². The molecule has 0 bridgehead atoms. The highest BCUT2D eigenvalue weighted by Crippen LogP contribution is 2.26. The first-order valence-corrected chi connectivity index (χ1v) is 11.8. The standard InChI is InChI=1S/C25H34N2O2S/c1-3-27(4-2)18-19-30-24-16-14-22(15-17-25(28)26-29)20-23(24)13-9-8-12-21-10-6-5-7-11-21/h5-7,10-11,14-17,20,29H,3-4,8-9,12-13,18-19H2,1-2H3,(H,26,28)/b17-15+. The number of hydroxylamine groups is 1. The van der Waals surface area contributed by atoms with Gasteiger partial charge in [-0.2, -0.15) is 0 Å². The number of hydrogen-bond donors (Lipinski definition) is 2. The minimum absolute atomic E-state index is 0.517. The Balaban J connectivity index is 2.00. The van der Waals surface area contributed by atoms with Crippen LogP contribution < -0.4 is 5.48 Å². The van der Waals surface area contributed by atoms with Crippen molar-refractivity contribution < 1.29 is 10.0 Å². The van der Waals surface area contributed by atoms with E-state index < -0.39 is 5.91 Å². The highest BCUT2D eigenvalue weighted by atomic mass is 32.2. The van der Waals surface area contributed by atoms with Crippen LogP contribution >= 0.6 is 11.8 Å². The van der Waals surface area contributed by atoms with Crippen LogP contribution in [0.2, 0.25) is 0 Å². The predicted molar refractivity (Wildman–Crippen MR) is 127 cm³/mol. The maximum Gasteiger partial charge on any atom is 0.267 e. The Morgan fingerprint density at radius 2 is 1.80 bits per heavy atom. The lowest BCUT2D eigenvalue weighted by Crippen LogP contribution is -2.25. The number of nitrogens with zero attached hydrogens (tertiary/aromatic N) is 1. The Hall–Kier alpha value is -2.08. The molecule has 0 aliphatic rings. The van der Waals surface area contributed by atoms with Crippen LogP contribution in [0.1, 0.15) is 43.4 Å². The lowest BCUT2D eigenvalue weighted by Gasteiger charge is -2.18. The molecule has 0 unspecified atom stereocenters. The summed E-state index contributed by atoms with van der Waals surface area (Å²) in [6.45, 7) is 7.66. The predicted octanol–water partition coefficient (Wildman–Crippen LogP) is 5.20. The van der Waals surface area contributed by atoms with Crippen LogP contribution in [-0.4, -0.2) is 41.4 Å². The van der Waals surface area contributed by atoms with E-state index in [0.717, 1.165) is 56.6 Å². The Kier molecular flexibility index (Phi) is 11.3. The third-order valence-corrected chi connectivity index (χ3v) is 6.28. The average Bonchev–Trinajstić information content (AvgIpc) is 2.79. The number of thioether (sulfide) groups is 1. The van der Waals surface area contributed by atoms with E-state index in [0.29, 0.717) is 0 Å². The fourth-order valence-corrected chi connectivity index (χ4v) is 4.44. The second-order valence-electron chi connectivity index (χ2n) is 7.24. The van der Waals surface area contributed by atoms with Gasteiger partial charge in [-0.05, 0) is 67.6 Å². The van der Waals surface area contributed by atoms with Crippen molar-refractivity contribution in [1.29, 1.82) is 0 Å². The summed E-state index contributed by atoms with van der Waals surface area (Å²) in [6.07, 6.45) is 7.49. The molecule has 2 rings (SSSR count). The highest BCUT2D eigenvalue weighted by molar-refractivity contribution is 7.99. The molecule has 0 heterocycles. The SMILES string of the molecule is CCN(CC)CCSc1ccc(/C=C/C(=O)NO)cc1CCCCc1ccccc1. The summed E-state index contributed by atoms with van der Waals surface area (Å²) in [4.78, 5) is 15.1. The minimum atomic E-state index is -0.517. The first-order valence-electron chi connectivity index (χ1n) is 10.8. The van der Waals surface area contributed by atoms with Crippen molar-refractivity contribution in [3.63, 3.8) is 0 Å².